The number of imidazole rings is 1. The van der Waals surface area contributed by atoms with E-state index in [1.54, 1.807) is 6.20 Å². The molecule has 0 N–H and O–H groups in total. The molecule has 0 amide bonds. The maximum absolute atomic E-state index is 6.84. The zero-order valence-corrected chi connectivity index (χ0v) is 22.6. The van der Waals surface area contributed by atoms with Crippen LogP contribution in [0.1, 0.15) is 25.3 Å². The highest BCUT2D eigenvalue weighted by molar-refractivity contribution is 6.33. The monoisotopic (exact) mass is 533 g/mol. The van der Waals surface area contributed by atoms with Crippen molar-refractivity contribution in [3.8, 4) is 23.0 Å². The highest BCUT2D eigenvalue weighted by Crippen LogP contribution is 2.41. The lowest BCUT2D eigenvalue weighted by Gasteiger charge is -2.32. The number of likely N-dealkylation sites (N-methyl/N-ethyl adjacent to an activating group) is 1. The number of rotatable bonds is 9. The highest BCUT2D eigenvalue weighted by Gasteiger charge is 2.41. The van der Waals surface area contributed by atoms with Crippen molar-refractivity contribution in [2.75, 3.05) is 46.4 Å². The summed E-state index contributed by atoms with van der Waals surface area (Å²) in [5.74, 6) is 1.94. The van der Waals surface area contributed by atoms with Crippen molar-refractivity contribution < 1.29 is 9.47 Å². The van der Waals surface area contributed by atoms with Crippen LogP contribution in [0, 0.1) is 0 Å². The molecule has 0 unspecified atom stereocenters. The summed E-state index contributed by atoms with van der Waals surface area (Å²) in [6, 6.07) is 9.74. The maximum Gasteiger partial charge on any atom is 0.245 e. The lowest BCUT2D eigenvalue weighted by Crippen LogP contribution is -2.45. The quantitative estimate of drug-likeness (QED) is 0.317. The lowest BCUT2D eigenvalue weighted by atomic mass is 10.2. The van der Waals surface area contributed by atoms with Crippen molar-refractivity contribution in [1.29, 1.82) is 0 Å². The molecule has 0 spiro atoms. The summed E-state index contributed by atoms with van der Waals surface area (Å²) in [7, 11) is 2.16. The zero-order chi connectivity index (χ0) is 26.1. The van der Waals surface area contributed by atoms with E-state index in [9.17, 15) is 0 Å². The second-order valence-electron chi connectivity index (χ2n) is 10.4. The summed E-state index contributed by atoms with van der Waals surface area (Å²) in [5.41, 5.74) is 2.96. The van der Waals surface area contributed by atoms with Gasteiger partial charge in [-0.1, -0.05) is 17.7 Å². The Hall–Kier alpha value is -3.27. The number of nitrogens with zero attached hydrogens (tertiary/aromatic N) is 7. The van der Waals surface area contributed by atoms with Crippen LogP contribution in [0.2, 0.25) is 5.02 Å². The summed E-state index contributed by atoms with van der Waals surface area (Å²) < 4.78 is 14.3. The van der Waals surface area contributed by atoms with Crippen molar-refractivity contribution in [2.45, 2.75) is 31.9 Å². The van der Waals surface area contributed by atoms with E-state index in [1.807, 2.05) is 41.1 Å². The number of fused-ring (bicyclic) bond motifs is 1. The third kappa shape index (κ3) is 5.45. The van der Waals surface area contributed by atoms with Crippen LogP contribution in [0.4, 0.5) is 0 Å². The van der Waals surface area contributed by atoms with E-state index in [2.05, 4.69) is 38.7 Å². The minimum Gasteiger partial charge on any atom is -0.492 e. The van der Waals surface area contributed by atoms with Crippen molar-refractivity contribution in [1.82, 2.24) is 34.3 Å². The van der Waals surface area contributed by atoms with E-state index in [0.717, 1.165) is 62.4 Å². The Kier molecular flexibility index (Phi) is 6.90. The lowest BCUT2D eigenvalue weighted by molar-refractivity contribution is 0.134. The van der Waals surface area contributed by atoms with Gasteiger partial charge in [-0.3, -0.25) is 9.88 Å². The van der Waals surface area contributed by atoms with Crippen LogP contribution in [0.5, 0.6) is 11.6 Å². The van der Waals surface area contributed by atoms with Gasteiger partial charge in [0.05, 0.1) is 11.6 Å². The molecule has 2 aliphatic rings. The molecule has 4 heterocycles. The predicted octanol–water partition coefficient (Wildman–Crippen LogP) is 4.15. The first-order chi connectivity index (χ1) is 18.5. The minimum atomic E-state index is -0.185. The van der Waals surface area contributed by atoms with Gasteiger partial charge >= 0.3 is 0 Å². The molecule has 198 valence electrons. The van der Waals surface area contributed by atoms with Crippen molar-refractivity contribution >= 4 is 22.8 Å². The van der Waals surface area contributed by atoms with Crippen molar-refractivity contribution in [2.24, 2.45) is 0 Å². The number of aromatic nitrogens is 5. The highest BCUT2D eigenvalue weighted by atomic mass is 35.5. The van der Waals surface area contributed by atoms with E-state index in [4.69, 9.17) is 26.1 Å². The van der Waals surface area contributed by atoms with Crippen molar-refractivity contribution in [3.05, 3.63) is 59.6 Å². The van der Waals surface area contributed by atoms with Gasteiger partial charge in [0.1, 0.15) is 30.1 Å². The number of benzene rings is 1. The van der Waals surface area contributed by atoms with Crippen LogP contribution in [0.25, 0.3) is 22.6 Å². The van der Waals surface area contributed by atoms with Crippen LogP contribution >= 0.6 is 11.6 Å². The van der Waals surface area contributed by atoms with Crippen LogP contribution in [0.3, 0.4) is 0 Å². The Bertz CT molecular complexity index is 1420. The molecular formula is C28H32ClN7O2. The molecule has 1 saturated heterocycles. The molecule has 2 fully saturated rings. The molecule has 3 aromatic heterocycles. The zero-order valence-electron chi connectivity index (χ0n) is 21.8. The second kappa shape index (κ2) is 10.5. The largest absolute Gasteiger partial charge is 0.492 e. The van der Waals surface area contributed by atoms with E-state index in [0.29, 0.717) is 41.0 Å². The fourth-order valence-electron chi connectivity index (χ4n) is 4.66. The van der Waals surface area contributed by atoms with Crippen LogP contribution in [0.15, 0.2) is 49.1 Å². The molecular weight excluding hydrogens is 502 g/mol. The third-order valence-electron chi connectivity index (χ3n) is 7.31. The van der Waals surface area contributed by atoms with E-state index < -0.39 is 0 Å². The third-order valence-corrected chi connectivity index (χ3v) is 7.63. The number of hydrogen-bond donors (Lipinski definition) is 0. The Morgan fingerprint density at radius 3 is 2.66 bits per heavy atom. The molecule has 0 atom stereocenters. The van der Waals surface area contributed by atoms with Crippen LogP contribution in [-0.4, -0.2) is 86.3 Å². The van der Waals surface area contributed by atoms with Gasteiger partial charge in [-0.05, 0) is 56.6 Å². The predicted molar refractivity (Wildman–Crippen MR) is 147 cm³/mol. The molecule has 0 bridgehead atoms. The summed E-state index contributed by atoms with van der Waals surface area (Å²) in [5, 5.41) is 0.564. The van der Waals surface area contributed by atoms with E-state index in [-0.39, 0.29) is 5.60 Å². The molecule has 38 heavy (non-hydrogen) atoms. The van der Waals surface area contributed by atoms with Gasteiger partial charge in [0.2, 0.25) is 5.88 Å². The van der Waals surface area contributed by atoms with Gasteiger partial charge in [0.25, 0.3) is 0 Å². The first kappa shape index (κ1) is 25.0. The molecule has 1 saturated carbocycles. The number of pyridine rings is 1. The summed E-state index contributed by atoms with van der Waals surface area (Å²) >= 11 is 6.84. The summed E-state index contributed by atoms with van der Waals surface area (Å²) in [6.07, 6.45) is 7.15. The fraction of sp³-hybridized carbons (Fsp3) is 0.429. The van der Waals surface area contributed by atoms with Gasteiger partial charge in [-0.15, -0.1) is 0 Å². The number of halogens is 1. The molecule has 10 heteroatoms. The summed E-state index contributed by atoms with van der Waals surface area (Å²) in [6.45, 7) is 8.47. The summed E-state index contributed by atoms with van der Waals surface area (Å²) in [4.78, 5) is 23.0. The molecule has 9 nitrogen and oxygen atoms in total. The smallest absolute Gasteiger partial charge is 0.245 e. The topological polar surface area (TPSA) is 81.4 Å². The van der Waals surface area contributed by atoms with Gasteiger partial charge in [0.15, 0.2) is 11.2 Å². The maximum atomic E-state index is 6.84. The molecule has 1 aliphatic heterocycles. The number of piperazine rings is 1. The van der Waals surface area contributed by atoms with E-state index >= 15 is 0 Å². The van der Waals surface area contributed by atoms with E-state index in [1.165, 1.54) is 6.33 Å². The molecule has 1 aliphatic carbocycles. The minimum absolute atomic E-state index is 0.185. The average Bonchev–Trinajstić information content (AvgIpc) is 3.54. The Morgan fingerprint density at radius 1 is 1.08 bits per heavy atom. The van der Waals surface area contributed by atoms with Gasteiger partial charge in [0, 0.05) is 50.7 Å². The van der Waals surface area contributed by atoms with Gasteiger partial charge in [-0.25, -0.2) is 9.97 Å². The molecule has 4 aromatic rings. The fourth-order valence-corrected chi connectivity index (χ4v) is 4.92. The molecule has 6 rings (SSSR count). The average molecular weight is 534 g/mol. The molecule has 1 aromatic carbocycles. The number of hydrogen-bond acceptors (Lipinski definition) is 8. The second-order valence-corrected chi connectivity index (χ2v) is 10.8. The first-order valence-electron chi connectivity index (χ1n) is 13.1. The van der Waals surface area contributed by atoms with Gasteiger partial charge < -0.3 is 18.9 Å². The standard InChI is InChI=1S/C28H32ClN7O2/c1-28(7-8-28)38-27-24-26(31-19-32-27)36(18-20-4-3-9-30-17-20)25(33-24)22-6-5-21(16-23(22)29)37-15-14-35-12-10-34(2)11-13-35/h3-6,9,16-17,19H,7-8,10-15,18H2,1-2H3. The van der Waals surface area contributed by atoms with Crippen LogP contribution < -0.4 is 9.47 Å². The number of ether oxygens (including phenoxy) is 2. The Labute approximate surface area is 227 Å². The Morgan fingerprint density at radius 2 is 1.92 bits per heavy atom. The normalized spacial score (nSPS) is 17.6. The van der Waals surface area contributed by atoms with Gasteiger partial charge in [-0.2, -0.15) is 4.98 Å². The van der Waals surface area contributed by atoms with Crippen molar-refractivity contribution in [3.63, 3.8) is 0 Å². The SMILES string of the molecule is CN1CCN(CCOc2ccc(-c3nc4c(OC5(C)CC5)ncnc4n3Cc3cccnc3)c(Cl)c2)CC1. The Balaban J connectivity index is 1.28. The first-order valence-corrected chi connectivity index (χ1v) is 13.5. The van der Waals surface area contributed by atoms with Crippen LogP contribution in [-0.2, 0) is 6.54 Å². The molecule has 0 radical (unpaired) electrons.